The Morgan fingerprint density at radius 1 is 0.720 bits per heavy atom. The molecule has 0 spiro atoms. The van der Waals surface area contributed by atoms with E-state index in [1.54, 1.807) is 0 Å². The molecule has 0 aromatic heterocycles. The van der Waals surface area contributed by atoms with Crippen LogP contribution in [-0.2, 0) is 0 Å². The number of amides is 1. The van der Waals surface area contributed by atoms with Crippen molar-refractivity contribution in [2.24, 2.45) is 0 Å². The molecule has 2 heteroatoms. The number of hydrogen-bond donors (Lipinski definition) is 0. The summed E-state index contributed by atoms with van der Waals surface area (Å²) < 4.78 is 0. The molecule has 1 aliphatic heterocycles. The number of aryl methyl sites for hydroxylation is 2. The van der Waals surface area contributed by atoms with Crippen LogP contribution in [-0.4, -0.2) is 5.91 Å². The Balaban J connectivity index is 1.88. The van der Waals surface area contributed by atoms with Gasteiger partial charge in [-0.15, -0.1) is 0 Å². The molecule has 0 saturated heterocycles. The molecule has 0 N–H and O–H groups in total. The number of hydrogen-bond acceptors (Lipinski definition) is 1. The summed E-state index contributed by atoms with van der Waals surface area (Å²) in [6.45, 7) is 4.12. The van der Waals surface area contributed by atoms with Gasteiger partial charge in [-0.3, -0.25) is 9.69 Å². The molecule has 0 aliphatic carbocycles. The quantitative estimate of drug-likeness (QED) is 0.612. The maximum atomic E-state index is 13.0. The van der Waals surface area contributed by atoms with Crippen molar-refractivity contribution in [3.63, 3.8) is 0 Å². The van der Waals surface area contributed by atoms with E-state index in [1.165, 1.54) is 11.1 Å². The number of anilines is 1. The van der Waals surface area contributed by atoms with E-state index in [-0.39, 0.29) is 5.91 Å². The number of carbonyl (C=O) groups excluding carboxylic acids is 1. The van der Waals surface area contributed by atoms with Crippen molar-refractivity contribution < 1.29 is 4.79 Å². The van der Waals surface area contributed by atoms with E-state index in [1.807, 2.05) is 60.4 Å². The van der Waals surface area contributed by atoms with Crippen molar-refractivity contribution in [3.8, 4) is 0 Å². The monoisotopic (exact) mass is 325 g/mol. The molecule has 0 radical (unpaired) electrons. The molecule has 2 nitrogen and oxygen atoms in total. The predicted molar refractivity (Wildman–Crippen MR) is 103 cm³/mol. The van der Waals surface area contributed by atoms with Gasteiger partial charge in [0.15, 0.2) is 0 Å². The van der Waals surface area contributed by atoms with E-state index in [9.17, 15) is 4.79 Å². The summed E-state index contributed by atoms with van der Waals surface area (Å²) in [4.78, 5) is 14.8. The average molecular weight is 325 g/mol. The molecule has 1 aliphatic rings. The molecule has 0 bridgehead atoms. The highest BCUT2D eigenvalue weighted by atomic mass is 16.2. The first-order valence-corrected chi connectivity index (χ1v) is 8.42. The fourth-order valence-corrected chi connectivity index (χ4v) is 3.16. The second-order valence-electron chi connectivity index (χ2n) is 6.46. The van der Waals surface area contributed by atoms with E-state index in [2.05, 4.69) is 37.3 Å². The van der Waals surface area contributed by atoms with Gasteiger partial charge in [0.05, 0.1) is 5.70 Å². The number of nitrogens with zero attached hydrogens (tertiary/aromatic N) is 1. The first-order chi connectivity index (χ1) is 12.1. The molecular formula is C23H19NO. The molecule has 1 heterocycles. The van der Waals surface area contributed by atoms with Crippen molar-refractivity contribution in [2.75, 3.05) is 4.90 Å². The lowest BCUT2D eigenvalue weighted by Gasteiger charge is -2.19. The first-order valence-electron chi connectivity index (χ1n) is 8.42. The second kappa shape index (κ2) is 6.06. The van der Waals surface area contributed by atoms with E-state index in [4.69, 9.17) is 0 Å². The van der Waals surface area contributed by atoms with Crippen LogP contribution in [0, 0.1) is 13.8 Å². The van der Waals surface area contributed by atoms with E-state index in [0.29, 0.717) is 0 Å². The van der Waals surface area contributed by atoms with Crippen LogP contribution >= 0.6 is 0 Å². The SMILES string of the molecule is Cc1ccc(/C=C2\c3ccccc3C(=O)N2c2ccc(C)cc2)cc1. The summed E-state index contributed by atoms with van der Waals surface area (Å²) in [7, 11) is 0. The van der Waals surface area contributed by atoms with Gasteiger partial charge in [-0.05, 0) is 43.7 Å². The van der Waals surface area contributed by atoms with Crippen molar-refractivity contribution >= 4 is 23.4 Å². The van der Waals surface area contributed by atoms with Crippen LogP contribution in [0.3, 0.4) is 0 Å². The lowest BCUT2D eigenvalue weighted by atomic mass is 10.1. The van der Waals surface area contributed by atoms with Gasteiger partial charge in [0.2, 0.25) is 0 Å². The lowest BCUT2D eigenvalue weighted by molar-refractivity contribution is 0.101. The first kappa shape index (κ1) is 15.4. The van der Waals surface area contributed by atoms with Crippen LogP contribution < -0.4 is 4.90 Å². The van der Waals surface area contributed by atoms with Crippen molar-refractivity contribution in [3.05, 3.63) is 101 Å². The van der Waals surface area contributed by atoms with Crippen molar-refractivity contribution in [1.29, 1.82) is 0 Å². The molecule has 3 aromatic carbocycles. The second-order valence-corrected chi connectivity index (χ2v) is 6.46. The van der Waals surface area contributed by atoms with Crippen LogP contribution in [0.2, 0.25) is 0 Å². The normalized spacial score (nSPS) is 14.9. The van der Waals surface area contributed by atoms with Crippen LogP contribution in [0.25, 0.3) is 11.8 Å². The van der Waals surface area contributed by atoms with Gasteiger partial charge in [-0.25, -0.2) is 0 Å². The minimum Gasteiger partial charge on any atom is -0.276 e. The summed E-state index contributed by atoms with van der Waals surface area (Å²) in [6, 6.07) is 24.2. The molecule has 0 fully saturated rings. The van der Waals surface area contributed by atoms with Gasteiger partial charge in [0, 0.05) is 16.8 Å². The summed E-state index contributed by atoms with van der Waals surface area (Å²) in [5.41, 5.74) is 7.04. The zero-order valence-electron chi connectivity index (χ0n) is 14.4. The summed E-state index contributed by atoms with van der Waals surface area (Å²) in [5.74, 6) is 0.0258. The van der Waals surface area contributed by atoms with Crippen LogP contribution in [0.1, 0.15) is 32.6 Å². The van der Waals surface area contributed by atoms with Gasteiger partial charge in [-0.1, -0.05) is 65.7 Å². The topological polar surface area (TPSA) is 20.3 Å². The van der Waals surface area contributed by atoms with E-state index in [0.717, 1.165) is 28.1 Å². The van der Waals surface area contributed by atoms with Gasteiger partial charge in [-0.2, -0.15) is 0 Å². The number of fused-ring (bicyclic) bond motifs is 1. The highest BCUT2D eigenvalue weighted by Gasteiger charge is 2.32. The largest absolute Gasteiger partial charge is 0.276 e. The molecule has 122 valence electrons. The molecule has 25 heavy (non-hydrogen) atoms. The maximum Gasteiger partial charge on any atom is 0.263 e. The van der Waals surface area contributed by atoms with Crippen molar-refractivity contribution in [2.45, 2.75) is 13.8 Å². The zero-order valence-corrected chi connectivity index (χ0v) is 14.4. The van der Waals surface area contributed by atoms with Gasteiger partial charge in [0.1, 0.15) is 0 Å². The maximum absolute atomic E-state index is 13.0. The Kier molecular flexibility index (Phi) is 3.73. The average Bonchev–Trinajstić information content (AvgIpc) is 2.90. The van der Waals surface area contributed by atoms with Crippen LogP contribution in [0.4, 0.5) is 5.69 Å². The smallest absolute Gasteiger partial charge is 0.263 e. The Bertz CT molecular complexity index is 966. The third-order valence-corrected chi connectivity index (χ3v) is 4.55. The van der Waals surface area contributed by atoms with Crippen LogP contribution in [0.5, 0.6) is 0 Å². The third kappa shape index (κ3) is 2.76. The van der Waals surface area contributed by atoms with Crippen LogP contribution in [0.15, 0.2) is 72.8 Å². The number of carbonyl (C=O) groups is 1. The standard InChI is InChI=1S/C23H19NO/c1-16-7-11-18(12-8-16)15-22-20-5-3-4-6-21(20)23(25)24(22)19-13-9-17(2)10-14-19/h3-15H,1-2H3/b22-15+. The molecule has 0 unspecified atom stereocenters. The van der Waals surface area contributed by atoms with Gasteiger partial charge < -0.3 is 0 Å². The fourth-order valence-electron chi connectivity index (χ4n) is 3.16. The highest BCUT2D eigenvalue weighted by molar-refractivity contribution is 6.24. The van der Waals surface area contributed by atoms with Crippen molar-refractivity contribution in [1.82, 2.24) is 0 Å². The van der Waals surface area contributed by atoms with Gasteiger partial charge >= 0.3 is 0 Å². The minimum absolute atomic E-state index is 0.0258. The lowest BCUT2D eigenvalue weighted by Crippen LogP contribution is -2.22. The van der Waals surface area contributed by atoms with E-state index >= 15 is 0 Å². The predicted octanol–water partition coefficient (Wildman–Crippen LogP) is 5.46. The minimum atomic E-state index is 0.0258. The molecule has 0 saturated carbocycles. The molecule has 4 rings (SSSR count). The summed E-state index contributed by atoms with van der Waals surface area (Å²) in [5, 5.41) is 0. The number of rotatable bonds is 2. The number of benzene rings is 3. The summed E-state index contributed by atoms with van der Waals surface area (Å²) in [6.07, 6.45) is 2.09. The Morgan fingerprint density at radius 2 is 1.28 bits per heavy atom. The fraction of sp³-hybridized carbons (Fsp3) is 0.0870. The highest BCUT2D eigenvalue weighted by Crippen LogP contribution is 2.37. The molecule has 1 amide bonds. The Hall–Kier alpha value is -3.13. The Labute approximate surface area is 148 Å². The van der Waals surface area contributed by atoms with E-state index < -0.39 is 0 Å². The Morgan fingerprint density at radius 3 is 1.92 bits per heavy atom. The summed E-state index contributed by atoms with van der Waals surface area (Å²) >= 11 is 0. The molecule has 3 aromatic rings. The third-order valence-electron chi connectivity index (χ3n) is 4.55. The van der Waals surface area contributed by atoms with Gasteiger partial charge in [0.25, 0.3) is 5.91 Å². The zero-order chi connectivity index (χ0) is 17.4. The molecular weight excluding hydrogens is 306 g/mol. The molecule has 0 atom stereocenters.